The van der Waals surface area contributed by atoms with Crippen molar-refractivity contribution in [2.75, 3.05) is 13.2 Å². The lowest BCUT2D eigenvalue weighted by Gasteiger charge is -2.36. The van der Waals surface area contributed by atoms with Gasteiger partial charge in [-0.3, -0.25) is 4.84 Å². The van der Waals surface area contributed by atoms with Crippen molar-refractivity contribution in [3.63, 3.8) is 0 Å². The van der Waals surface area contributed by atoms with Gasteiger partial charge >= 0.3 is 12.1 Å². The Labute approximate surface area is 228 Å². The minimum absolute atomic E-state index is 0.0673. The molecule has 1 aliphatic carbocycles. The van der Waals surface area contributed by atoms with Gasteiger partial charge in [0.15, 0.2) is 14.4 Å². The Morgan fingerprint density at radius 3 is 2.00 bits per heavy atom. The van der Waals surface area contributed by atoms with Crippen LogP contribution in [0.4, 0.5) is 4.79 Å². The summed E-state index contributed by atoms with van der Waals surface area (Å²) in [6.07, 6.45) is -0.800. The fourth-order valence-corrected chi connectivity index (χ4v) is 5.24. The molecule has 0 fully saturated rings. The maximum absolute atomic E-state index is 12.8. The smallest absolute Gasteiger partial charge is 0.431 e. The number of carbonyl (C=O) groups is 2. The molecule has 0 aromatic heterocycles. The van der Waals surface area contributed by atoms with Crippen LogP contribution in [0.1, 0.15) is 71.4 Å². The molecule has 7 nitrogen and oxygen atoms in total. The number of fused-ring (bicyclic) bond motifs is 3. The largest absolute Gasteiger partial charge is 0.458 e. The van der Waals surface area contributed by atoms with E-state index in [4.69, 9.17) is 18.7 Å². The molecule has 1 amide bonds. The molecular weight excluding hydrogens is 498 g/mol. The highest BCUT2D eigenvalue weighted by molar-refractivity contribution is 6.74. The van der Waals surface area contributed by atoms with Crippen molar-refractivity contribution in [2.24, 2.45) is 0 Å². The van der Waals surface area contributed by atoms with Crippen LogP contribution in [0, 0.1) is 0 Å². The van der Waals surface area contributed by atoms with Crippen molar-refractivity contribution in [2.45, 2.75) is 90.1 Å². The fourth-order valence-electron chi connectivity index (χ4n) is 4.15. The predicted molar refractivity (Wildman–Crippen MR) is 151 cm³/mol. The van der Waals surface area contributed by atoms with Crippen LogP contribution in [0.15, 0.2) is 48.5 Å². The molecule has 0 saturated heterocycles. The molecule has 0 radical (unpaired) electrons. The number of rotatable bonds is 10. The van der Waals surface area contributed by atoms with Crippen LogP contribution in [-0.2, 0) is 23.5 Å². The third-order valence-corrected chi connectivity index (χ3v) is 11.7. The standard InChI is InChI=1S/C30H43NO6Si/c1-29(2,3)36-27(32)26(18-13-19-35-38(7,8)30(4,5)6)37-31-28(33)34-20-25-23-16-11-9-14-21(23)22-15-10-12-17-24(22)25/h9-12,14-17,25-26H,13,18-20H2,1-8H3,(H,31,33)/t26-/m1/s1. The number of ether oxygens (including phenoxy) is 2. The summed E-state index contributed by atoms with van der Waals surface area (Å²) in [5.74, 6) is -0.605. The maximum Gasteiger partial charge on any atom is 0.431 e. The maximum atomic E-state index is 12.8. The van der Waals surface area contributed by atoms with Crippen LogP contribution in [0.25, 0.3) is 11.1 Å². The normalized spacial score (nSPS) is 14.4. The number of carbonyl (C=O) groups excluding carboxylic acids is 2. The lowest BCUT2D eigenvalue weighted by molar-refractivity contribution is -0.173. The number of hydroxylamine groups is 1. The highest BCUT2D eigenvalue weighted by Crippen LogP contribution is 2.44. The summed E-state index contributed by atoms with van der Waals surface area (Å²) < 4.78 is 17.3. The second kappa shape index (κ2) is 12.0. The van der Waals surface area contributed by atoms with E-state index in [2.05, 4.69) is 63.6 Å². The third kappa shape index (κ3) is 7.68. The molecule has 2 aromatic rings. The molecule has 0 unspecified atom stereocenters. The molecule has 0 bridgehead atoms. The molecule has 2 aromatic carbocycles. The minimum Gasteiger partial charge on any atom is -0.458 e. The number of hydrogen-bond donors (Lipinski definition) is 1. The van der Waals surface area contributed by atoms with Gasteiger partial charge in [-0.05, 0) is 74.0 Å². The number of esters is 1. The van der Waals surface area contributed by atoms with Crippen molar-refractivity contribution in [1.29, 1.82) is 0 Å². The molecule has 0 spiro atoms. The van der Waals surface area contributed by atoms with E-state index >= 15 is 0 Å². The summed E-state index contributed by atoms with van der Waals surface area (Å²) in [5.41, 5.74) is 6.17. The molecule has 1 N–H and O–H groups in total. The zero-order chi connectivity index (χ0) is 28.1. The number of amides is 1. The lowest BCUT2D eigenvalue weighted by Crippen LogP contribution is -2.41. The van der Waals surface area contributed by atoms with Gasteiger partial charge in [0, 0.05) is 12.5 Å². The second-order valence-electron chi connectivity index (χ2n) is 12.3. The van der Waals surface area contributed by atoms with Crippen molar-refractivity contribution < 1.29 is 28.3 Å². The minimum atomic E-state index is -1.90. The van der Waals surface area contributed by atoms with E-state index in [9.17, 15) is 9.59 Å². The highest BCUT2D eigenvalue weighted by atomic mass is 28.4. The van der Waals surface area contributed by atoms with E-state index in [1.807, 2.05) is 24.3 Å². The zero-order valence-electron chi connectivity index (χ0n) is 24.1. The molecule has 0 aliphatic heterocycles. The summed E-state index contributed by atoms with van der Waals surface area (Å²) in [7, 11) is -1.90. The molecular formula is C30H43NO6Si. The quantitative estimate of drug-likeness (QED) is 0.151. The van der Waals surface area contributed by atoms with E-state index < -0.39 is 32.1 Å². The van der Waals surface area contributed by atoms with Crippen molar-refractivity contribution >= 4 is 20.4 Å². The number of hydrogen-bond acceptors (Lipinski definition) is 6. The number of nitrogens with one attached hydrogen (secondary N) is 1. The average Bonchev–Trinajstić information content (AvgIpc) is 3.14. The summed E-state index contributed by atoms with van der Waals surface area (Å²) in [6, 6.07) is 16.3. The third-order valence-electron chi connectivity index (χ3n) is 7.18. The van der Waals surface area contributed by atoms with Crippen LogP contribution in [-0.4, -0.2) is 45.3 Å². The number of benzene rings is 2. The molecule has 0 heterocycles. The summed E-state index contributed by atoms with van der Waals surface area (Å²) >= 11 is 0. The lowest BCUT2D eigenvalue weighted by atomic mass is 9.98. The summed E-state index contributed by atoms with van der Waals surface area (Å²) in [5, 5.41) is 0.0970. The SMILES string of the molecule is CC(C)(C)OC(=O)[C@@H](CCCO[Si](C)(C)C(C)(C)C)ONC(=O)OCC1c2ccccc2-c2ccccc21. The fraction of sp³-hybridized carbons (Fsp3) is 0.533. The topological polar surface area (TPSA) is 83.1 Å². The Morgan fingerprint density at radius 2 is 1.47 bits per heavy atom. The first-order valence-electron chi connectivity index (χ1n) is 13.3. The van der Waals surface area contributed by atoms with E-state index in [0.717, 1.165) is 22.3 Å². The molecule has 38 heavy (non-hydrogen) atoms. The Hall–Kier alpha value is -2.68. The van der Waals surface area contributed by atoms with E-state index in [-0.39, 0.29) is 17.6 Å². The van der Waals surface area contributed by atoms with Crippen LogP contribution in [0.2, 0.25) is 18.1 Å². The molecule has 8 heteroatoms. The van der Waals surface area contributed by atoms with E-state index in [1.165, 1.54) is 0 Å². The van der Waals surface area contributed by atoms with Gasteiger partial charge in [0.25, 0.3) is 0 Å². The zero-order valence-corrected chi connectivity index (χ0v) is 25.1. The Bertz CT molecular complexity index is 1070. The van der Waals surface area contributed by atoms with Gasteiger partial charge in [-0.1, -0.05) is 69.3 Å². The van der Waals surface area contributed by atoms with Crippen LogP contribution >= 0.6 is 0 Å². The highest BCUT2D eigenvalue weighted by Gasteiger charge is 2.37. The molecule has 0 saturated carbocycles. The van der Waals surface area contributed by atoms with E-state index in [0.29, 0.717) is 19.4 Å². The van der Waals surface area contributed by atoms with Crippen LogP contribution < -0.4 is 5.48 Å². The van der Waals surface area contributed by atoms with Crippen LogP contribution in [0.5, 0.6) is 0 Å². The van der Waals surface area contributed by atoms with E-state index in [1.54, 1.807) is 20.8 Å². The van der Waals surface area contributed by atoms with Gasteiger partial charge < -0.3 is 13.9 Å². The monoisotopic (exact) mass is 541 g/mol. The molecule has 1 aliphatic rings. The van der Waals surface area contributed by atoms with Gasteiger partial charge in [-0.2, -0.15) is 5.48 Å². The molecule has 3 rings (SSSR count). The van der Waals surface area contributed by atoms with Gasteiger partial charge in [0.2, 0.25) is 0 Å². The van der Waals surface area contributed by atoms with Crippen LogP contribution in [0.3, 0.4) is 0 Å². The Morgan fingerprint density at radius 1 is 0.921 bits per heavy atom. The summed E-state index contributed by atoms with van der Waals surface area (Å²) in [6.45, 7) is 17.0. The summed E-state index contributed by atoms with van der Waals surface area (Å²) in [4.78, 5) is 30.9. The van der Waals surface area contributed by atoms with Crippen molar-refractivity contribution in [1.82, 2.24) is 5.48 Å². The molecule has 1 atom stereocenters. The van der Waals surface area contributed by atoms with Gasteiger partial charge in [0.05, 0.1) is 0 Å². The first kappa shape index (κ1) is 29.9. The van der Waals surface area contributed by atoms with Crippen molar-refractivity contribution in [3.05, 3.63) is 59.7 Å². The Kier molecular flexibility index (Phi) is 9.44. The molecule has 208 valence electrons. The van der Waals surface area contributed by atoms with Gasteiger partial charge in [-0.15, -0.1) is 0 Å². The first-order valence-corrected chi connectivity index (χ1v) is 16.2. The average molecular weight is 542 g/mol. The predicted octanol–water partition coefficient (Wildman–Crippen LogP) is 6.97. The second-order valence-corrected chi connectivity index (χ2v) is 17.1. The van der Waals surface area contributed by atoms with Gasteiger partial charge in [-0.25, -0.2) is 9.59 Å². The Balaban J connectivity index is 1.56. The van der Waals surface area contributed by atoms with Gasteiger partial charge in [0.1, 0.15) is 12.2 Å². The van der Waals surface area contributed by atoms with Crippen molar-refractivity contribution in [3.8, 4) is 11.1 Å². The first-order chi connectivity index (χ1) is 17.7.